The van der Waals surface area contributed by atoms with Crippen LogP contribution in [0.4, 0.5) is 4.39 Å². The fourth-order valence-electron chi connectivity index (χ4n) is 2.85. The van der Waals surface area contributed by atoms with Crippen molar-refractivity contribution in [1.29, 1.82) is 0 Å². The van der Waals surface area contributed by atoms with E-state index < -0.39 is 17.8 Å². The van der Waals surface area contributed by atoms with Crippen molar-refractivity contribution in [3.05, 3.63) is 95.3 Å². The molecule has 0 aliphatic rings. The first-order chi connectivity index (χ1) is 14.1. The maximum absolute atomic E-state index is 13.4. The minimum atomic E-state index is -0.980. The van der Waals surface area contributed by atoms with Crippen molar-refractivity contribution >= 4 is 23.3 Å². The van der Waals surface area contributed by atoms with Crippen LogP contribution in [0.1, 0.15) is 27.7 Å². The summed E-state index contributed by atoms with van der Waals surface area (Å²) in [5, 5.41) is 8.19. The summed E-state index contributed by atoms with van der Waals surface area (Å²) in [6, 6.07) is 13.9. The van der Waals surface area contributed by atoms with Gasteiger partial charge in [-0.2, -0.15) is 0 Å². The van der Waals surface area contributed by atoms with Crippen molar-refractivity contribution < 1.29 is 14.0 Å². The zero-order chi connectivity index (χ0) is 20.6. The van der Waals surface area contributed by atoms with Gasteiger partial charge in [-0.15, -0.1) is 11.7 Å². The Hall–Kier alpha value is -3.39. The van der Waals surface area contributed by atoms with E-state index in [-0.39, 0.29) is 18.1 Å². The van der Waals surface area contributed by atoms with E-state index in [0.29, 0.717) is 12.1 Å². The van der Waals surface area contributed by atoms with Crippen molar-refractivity contribution in [1.82, 2.24) is 19.8 Å². The zero-order valence-corrected chi connectivity index (χ0v) is 16.3. The molecule has 1 atom stereocenters. The van der Waals surface area contributed by atoms with Crippen molar-refractivity contribution in [2.75, 3.05) is 6.54 Å². The minimum Gasteiger partial charge on any atom is -0.350 e. The second-order valence-electron chi connectivity index (χ2n) is 6.19. The molecule has 0 spiro atoms. The van der Waals surface area contributed by atoms with Crippen LogP contribution in [-0.2, 0) is 11.3 Å². The average Bonchev–Trinajstić information content (AvgIpc) is 3.28. The molecule has 0 saturated carbocycles. The molecule has 1 N–H and O–H groups in total. The molecule has 0 bridgehead atoms. The highest BCUT2D eigenvalue weighted by atomic mass is 32.1. The van der Waals surface area contributed by atoms with E-state index in [9.17, 15) is 14.0 Å². The van der Waals surface area contributed by atoms with Crippen molar-refractivity contribution in [3.63, 3.8) is 0 Å². The molecule has 29 heavy (non-hydrogen) atoms. The van der Waals surface area contributed by atoms with Gasteiger partial charge in [0.2, 0.25) is 5.91 Å². The summed E-state index contributed by atoms with van der Waals surface area (Å²) < 4.78 is 17.2. The van der Waals surface area contributed by atoms with Crippen LogP contribution in [-0.4, -0.2) is 32.8 Å². The number of amides is 2. The molecule has 148 valence electrons. The molecule has 8 heteroatoms. The summed E-state index contributed by atoms with van der Waals surface area (Å²) in [4.78, 5) is 27.5. The van der Waals surface area contributed by atoms with Crippen LogP contribution in [0, 0.1) is 5.82 Å². The lowest BCUT2D eigenvalue weighted by atomic mass is 10.0. The maximum Gasteiger partial charge on any atom is 0.276 e. The summed E-state index contributed by atoms with van der Waals surface area (Å²) >= 11 is 1.04. The second kappa shape index (κ2) is 9.70. The monoisotopic (exact) mass is 410 g/mol. The lowest BCUT2D eigenvalue weighted by Gasteiger charge is -2.30. The number of carbonyl (C=O) groups excluding carboxylic acids is 2. The number of nitrogens with one attached hydrogen (secondary N) is 1. The smallest absolute Gasteiger partial charge is 0.276 e. The summed E-state index contributed by atoms with van der Waals surface area (Å²) in [5.41, 5.74) is 1.54. The zero-order valence-electron chi connectivity index (χ0n) is 15.5. The van der Waals surface area contributed by atoms with Crippen LogP contribution in [0.5, 0.6) is 0 Å². The molecule has 0 radical (unpaired) electrons. The highest BCUT2D eigenvalue weighted by molar-refractivity contribution is 7.03. The van der Waals surface area contributed by atoms with Crippen LogP contribution in [0.3, 0.4) is 0 Å². The van der Waals surface area contributed by atoms with E-state index in [4.69, 9.17) is 0 Å². The van der Waals surface area contributed by atoms with Crippen LogP contribution in [0.2, 0.25) is 0 Å². The largest absolute Gasteiger partial charge is 0.350 e. The number of rotatable bonds is 8. The predicted molar refractivity (Wildman–Crippen MR) is 109 cm³/mol. The lowest BCUT2D eigenvalue weighted by molar-refractivity contribution is -0.126. The van der Waals surface area contributed by atoms with E-state index in [2.05, 4.69) is 21.5 Å². The topological polar surface area (TPSA) is 75.2 Å². The van der Waals surface area contributed by atoms with Gasteiger partial charge in [0.25, 0.3) is 5.91 Å². The van der Waals surface area contributed by atoms with Crippen molar-refractivity contribution in [2.24, 2.45) is 0 Å². The molecule has 2 aromatic carbocycles. The molecule has 1 aromatic heterocycles. The van der Waals surface area contributed by atoms with Gasteiger partial charge in [-0.05, 0) is 34.8 Å². The molecule has 0 aliphatic carbocycles. The number of nitrogens with zero attached hydrogens (tertiary/aromatic N) is 3. The molecule has 0 unspecified atom stereocenters. The first kappa shape index (κ1) is 20.3. The summed E-state index contributed by atoms with van der Waals surface area (Å²) in [5.74, 6) is -1.27. The van der Waals surface area contributed by atoms with Gasteiger partial charge in [0.05, 0.1) is 0 Å². The summed E-state index contributed by atoms with van der Waals surface area (Å²) in [6.07, 6.45) is 1.53. The number of hydrogen-bond acceptors (Lipinski definition) is 5. The number of hydrogen-bond donors (Lipinski definition) is 1. The fraction of sp³-hybridized carbons (Fsp3) is 0.143. The van der Waals surface area contributed by atoms with Crippen LogP contribution >= 0.6 is 11.5 Å². The first-order valence-corrected chi connectivity index (χ1v) is 9.70. The Labute approximate surface area is 171 Å². The minimum absolute atomic E-state index is 0.108. The number of aromatic nitrogens is 2. The van der Waals surface area contributed by atoms with Crippen LogP contribution < -0.4 is 5.32 Å². The van der Waals surface area contributed by atoms with E-state index in [1.165, 1.54) is 40.6 Å². The molecule has 6 nitrogen and oxygen atoms in total. The van der Waals surface area contributed by atoms with Gasteiger partial charge in [0.1, 0.15) is 11.9 Å². The highest BCUT2D eigenvalue weighted by Crippen LogP contribution is 2.24. The van der Waals surface area contributed by atoms with E-state index in [1.54, 1.807) is 0 Å². The van der Waals surface area contributed by atoms with E-state index >= 15 is 0 Å². The Balaban J connectivity index is 1.91. The summed E-state index contributed by atoms with van der Waals surface area (Å²) in [6.45, 7) is 4.09. The summed E-state index contributed by atoms with van der Waals surface area (Å²) in [7, 11) is 0. The third-order valence-corrected chi connectivity index (χ3v) is 4.73. The Morgan fingerprint density at radius 1 is 1.17 bits per heavy atom. The fourth-order valence-corrected chi connectivity index (χ4v) is 3.28. The van der Waals surface area contributed by atoms with Crippen molar-refractivity contribution in [3.8, 4) is 0 Å². The molecule has 0 aliphatic heterocycles. The van der Waals surface area contributed by atoms with Crippen molar-refractivity contribution in [2.45, 2.75) is 12.6 Å². The van der Waals surface area contributed by atoms with Crippen LogP contribution in [0.15, 0.2) is 72.6 Å². The molecular formula is C21H19FN4O2S. The molecule has 0 fully saturated rings. The second-order valence-corrected chi connectivity index (χ2v) is 6.80. The molecule has 3 aromatic rings. The van der Waals surface area contributed by atoms with E-state index in [1.807, 2.05) is 30.3 Å². The predicted octanol–water partition coefficient (Wildman–Crippen LogP) is 3.36. The normalized spacial score (nSPS) is 11.5. The Morgan fingerprint density at radius 3 is 2.52 bits per heavy atom. The van der Waals surface area contributed by atoms with Gasteiger partial charge in [-0.3, -0.25) is 9.59 Å². The first-order valence-electron chi connectivity index (χ1n) is 8.86. The lowest BCUT2D eigenvalue weighted by Crippen LogP contribution is -2.43. The Bertz CT molecular complexity index is 962. The van der Waals surface area contributed by atoms with Gasteiger partial charge in [-0.1, -0.05) is 53.0 Å². The maximum atomic E-state index is 13.4. The van der Waals surface area contributed by atoms with Gasteiger partial charge in [0, 0.05) is 18.5 Å². The number of carbonyl (C=O) groups is 2. The standard InChI is InChI=1S/C21H19FN4O2S/c1-2-12-26(21(28)18-14-29-25-24-18)19(16-8-10-17(22)11-9-16)20(27)23-13-15-6-4-3-5-7-15/h2-11,14,19H,1,12-13H2,(H,23,27)/t19-/m1/s1. The van der Waals surface area contributed by atoms with Gasteiger partial charge < -0.3 is 10.2 Å². The number of benzene rings is 2. The molecule has 3 rings (SSSR count). The third-order valence-electron chi connectivity index (χ3n) is 4.22. The van der Waals surface area contributed by atoms with Gasteiger partial charge in [0.15, 0.2) is 5.69 Å². The highest BCUT2D eigenvalue weighted by Gasteiger charge is 2.32. The quantitative estimate of drug-likeness (QED) is 0.578. The molecular weight excluding hydrogens is 391 g/mol. The Kier molecular flexibility index (Phi) is 6.80. The average molecular weight is 410 g/mol. The van der Waals surface area contributed by atoms with Crippen LogP contribution in [0.25, 0.3) is 0 Å². The molecule has 0 saturated heterocycles. The van der Waals surface area contributed by atoms with Gasteiger partial charge >= 0.3 is 0 Å². The Morgan fingerprint density at radius 2 is 1.90 bits per heavy atom. The van der Waals surface area contributed by atoms with Gasteiger partial charge in [-0.25, -0.2) is 4.39 Å². The number of halogens is 1. The molecule has 2 amide bonds. The van der Waals surface area contributed by atoms with E-state index in [0.717, 1.165) is 17.1 Å². The molecule has 1 heterocycles. The SMILES string of the molecule is C=CCN(C(=O)c1csnn1)[C@@H](C(=O)NCc1ccccc1)c1ccc(F)cc1. The third kappa shape index (κ3) is 5.11.